The van der Waals surface area contributed by atoms with Gasteiger partial charge in [-0.3, -0.25) is 9.78 Å². The maximum Gasteiger partial charge on any atom is 0.417 e. The van der Waals surface area contributed by atoms with Crippen molar-refractivity contribution in [1.29, 1.82) is 0 Å². The number of fused-ring (bicyclic) bond motifs is 3. The second-order valence-corrected chi connectivity index (χ2v) is 9.02. The van der Waals surface area contributed by atoms with Crippen molar-refractivity contribution < 1.29 is 22.4 Å². The molecule has 1 N–H and O–H groups in total. The van der Waals surface area contributed by atoms with Crippen LogP contribution in [0.3, 0.4) is 0 Å². The fourth-order valence-electron chi connectivity index (χ4n) is 4.92. The van der Waals surface area contributed by atoms with Gasteiger partial charge in [0.05, 0.1) is 29.6 Å². The van der Waals surface area contributed by atoms with Gasteiger partial charge >= 0.3 is 6.18 Å². The summed E-state index contributed by atoms with van der Waals surface area (Å²) in [4.78, 5) is 31.8. The van der Waals surface area contributed by atoms with Gasteiger partial charge in [0.25, 0.3) is 5.91 Å². The Morgan fingerprint density at radius 1 is 1.06 bits per heavy atom. The number of rotatable bonds is 4. The Morgan fingerprint density at radius 2 is 1.83 bits per heavy atom. The van der Waals surface area contributed by atoms with Crippen molar-refractivity contribution in [2.24, 2.45) is 5.92 Å². The molecule has 0 radical (unpaired) electrons. The van der Waals surface area contributed by atoms with Crippen LogP contribution in [0.15, 0.2) is 43.0 Å². The van der Waals surface area contributed by atoms with Crippen LogP contribution in [0, 0.1) is 18.7 Å². The highest BCUT2D eigenvalue weighted by Crippen LogP contribution is 2.38. The molecule has 182 valence electrons. The largest absolute Gasteiger partial charge is 0.417 e. The molecule has 7 nitrogen and oxygen atoms in total. The van der Waals surface area contributed by atoms with Gasteiger partial charge in [-0.2, -0.15) is 13.2 Å². The van der Waals surface area contributed by atoms with E-state index in [1.54, 1.807) is 17.2 Å². The van der Waals surface area contributed by atoms with Gasteiger partial charge < -0.3 is 10.2 Å². The van der Waals surface area contributed by atoms with Gasteiger partial charge in [-0.15, -0.1) is 0 Å². The highest BCUT2D eigenvalue weighted by molar-refractivity contribution is 5.98. The van der Waals surface area contributed by atoms with E-state index in [1.165, 1.54) is 6.07 Å². The van der Waals surface area contributed by atoms with Crippen molar-refractivity contribution in [2.75, 3.05) is 11.9 Å². The molecule has 3 aromatic rings. The lowest BCUT2D eigenvalue weighted by atomic mass is 9.76. The summed E-state index contributed by atoms with van der Waals surface area (Å²) in [5.41, 5.74) is 0.593. The average Bonchev–Trinajstić information content (AvgIpc) is 2.84. The lowest BCUT2D eigenvalue weighted by Crippen LogP contribution is -2.60. The number of piperidine rings is 2. The molecule has 0 aromatic carbocycles. The van der Waals surface area contributed by atoms with Crippen LogP contribution in [-0.2, 0) is 6.18 Å². The van der Waals surface area contributed by atoms with Crippen LogP contribution in [0.5, 0.6) is 0 Å². The summed E-state index contributed by atoms with van der Waals surface area (Å²) in [6, 6.07) is 3.71. The smallest absolute Gasteiger partial charge is 0.365 e. The number of hydrogen-bond acceptors (Lipinski definition) is 6. The normalized spacial score (nSPS) is 21.7. The second-order valence-electron chi connectivity index (χ2n) is 9.02. The second kappa shape index (κ2) is 8.86. The number of hydrogen-bond donors (Lipinski definition) is 1. The summed E-state index contributed by atoms with van der Waals surface area (Å²) in [5.74, 6) is -0.0868. The van der Waals surface area contributed by atoms with Gasteiger partial charge in [0, 0.05) is 25.0 Å². The third-order valence-electron chi connectivity index (χ3n) is 6.55. The highest BCUT2D eigenvalue weighted by Gasteiger charge is 2.44. The summed E-state index contributed by atoms with van der Waals surface area (Å²) in [6.07, 6.45) is 2.52. The van der Waals surface area contributed by atoms with Crippen LogP contribution < -0.4 is 5.32 Å². The standard InChI is InChI=1S/C24H22F4N6O/c1-13-6-17(22-31-10-16(25)11-32-22)21(30-8-13)23(35)34-12-14-2-4-19(34)18(7-14)33-20-5-3-15(9-29-20)24(26,27)28/h3,5-6,8-11,14,18-19H,2,4,7,12H2,1H3,(H,29,33). The molecule has 35 heavy (non-hydrogen) atoms. The zero-order valence-electron chi connectivity index (χ0n) is 18.8. The number of halogens is 4. The molecular weight excluding hydrogens is 464 g/mol. The molecule has 3 aliphatic rings. The van der Waals surface area contributed by atoms with Crippen molar-refractivity contribution >= 4 is 11.7 Å². The van der Waals surface area contributed by atoms with Crippen molar-refractivity contribution in [3.63, 3.8) is 0 Å². The molecule has 11 heteroatoms. The number of aromatic nitrogens is 4. The van der Waals surface area contributed by atoms with Crippen LogP contribution in [0.2, 0.25) is 0 Å². The van der Waals surface area contributed by atoms with E-state index in [2.05, 4.69) is 25.3 Å². The minimum Gasteiger partial charge on any atom is -0.365 e. The summed E-state index contributed by atoms with van der Waals surface area (Å²) in [6.45, 7) is 2.38. The maximum atomic E-state index is 13.7. The monoisotopic (exact) mass is 486 g/mol. The van der Waals surface area contributed by atoms with E-state index in [1.807, 2.05) is 6.92 Å². The molecule has 5 heterocycles. The Balaban J connectivity index is 1.40. The lowest BCUT2D eigenvalue weighted by Gasteiger charge is -2.50. The first-order valence-corrected chi connectivity index (χ1v) is 11.2. The molecule has 3 atom stereocenters. The molecule has 2 bridgehead atoms. The molecule has 1 amide bonds. The summed E-state index contributed by atoms with van der Waals surface area (Å²) in [5, 5.41) is 3.23. The molecule has 3 unspecified atom stereocenters. The number of carbonyl (C=O) groups is 1. The summed E-state index contributed by atoms with van der Waals surface area (Å²) in [7, 11) is 0. The van der Waals surface area contributed by atoms with E-state index < -0.39 is 17.6 Å². The van der Waals surface area contributed by atoms with Gasteiger partial charge in [0.2, 0.25) is 0 Å². The molecule has 2 aliphatic heterocycles. The zero-order chi connectivity index (χ0) is 24.7. The van der Waals surface area contributed by atoms with Gasteiger partial charge in [0.15, 0.2) is 11.6 Å². The number of nitrogens with zero attached hydrogens (tertiary/aromatic N) is 5. The molecule has 1 aliphatic carbocycles. The van der Waals surface area contributed by atoms with Crippen LogP contribution in [-0.4, -0.2) is 49.4 Å². The van der Waals surface area contributed by atoms with E-state index in [0.29, 0.717) is 17.9 Å². The van der Waals surface area contributed by atoms with Crippen LogP contribution >= 0.6 is 0 Å². The number of alkyl halides is 3. The van der Waals surface area contributed by atoms with E-state index in [9.17, 15) is 22.4 Å². The topological polar surface area (TPSA) is 83.9 Å². The maximum absolute atomic E-state index is 13.7. The molecule has 3 aromatic heterocycles. The molecular formula is C24H22F4N6O. The number of amides is 1. The molecule has 6 rings (SSSR count). The number of carbonyl (C=O) groups excluding carboxylic acids is 1. The van der Waals surface area contributed by atoms with Gasteiger partial charge in [0.1, 0.15) is 11.5 Å². The SMILES string of the molecule is Cc1cnc(C(=O)N2CC3CCC2C(Nc2ccc(C(F)(F)F)cn2)C3)c(-c2ncc(F)cn2)c1. The Morgan fingerprint density at radius 3 is 2.49 bits per heavy atom. The van der Waals surface area contributed by atoms with Crippen LogP contribution in [0.4, 0.5) is 23.4 Å². The summed E-state index contributed by atoms with van der Waals surface area (Å²) >= 11 is 0. The lowest BCUT2D eigenvalue weighted by molar-refractivity contribution is -0.137. The fourth-order valence-corrected chi connectivity index (χ4v) is 4.92. The van der Waals surface area contributed by atoms with E-state index in [-0.39, 0.29) is 35.4 Å². The third-order valence-corrected chi connectivity index (χ3v) is 6.55. The zero-order valence-corrected chi connectivity index (χ0v) is 18.8. The fraction of sp³-hybridized carbons (Fsp3) is 0.375. The molecule has 0 spiro atoms. The Kier molecular flexibility index (Phi) is 5.86. The third kappa shape index (κ3) is 4.67. The number of nitrogens with one attached hydrogen (secondary N) is 1. The number of anilines is 1. The molecule has 2 saturated heterocycles. The van der Waals surface area contributed by atoms with Crippen molar-refractivity contribution in [1.82, 2.24) is 24.8 Å². The first-order chi connectivity index (χ1) is 16.7. The van der Waals surface area contributed by atoms with Crippen LogP contribution in [0.1, 0.15) is 40.9 Å². The minimum atomic E-state index is -4.45. The van der Waals surface area contributed by atoms with E-state index in [0.717, 1.165) is 49.5 Å². The Labute approximate surface area is 198 Å². The van der Waals surface area contributed by atoms with Gasteiger partial charge in [-0.05, 0) is 55.9 Å². The Hall–Kier alpha value is -3.63. The van der Waals surface area contributed by atoms with E-state index in [4.69, 9.17) is 0 Å². The van der Waals surface area contributed by atoms with Gasteiger partial charge in [-0.25, -0.2) is 19.3 Å². The van der Waals surface area contributed by atoms with Crippen molar-refractivity contribution in [2.45, 2.75) is 44.4 Å². The quantitative estimate of drug-likeness (QED) is 0.547. The first-order valence-electron chi connectivity index (χ1n) is 11.2. The summed E-state index contributed by atoms with van der Waals surface area (Å²) < 4.78 is 51.9. The molecule has 1 saturated carbocycles. The number of aryl methyl sites for hydroxylation is 1. The predicted molar refractivity (Wildman–Crippen MR) is 119 cm³/mol. The Bertz CT molecular complexity index is 1230. The molecule has 3 fully saturated rings. The predicted octanol–water partition coefficient (Wildman–Crippen LogP) is 4.51. The van der Waals surface area contributed by atoms with Crippen LogP contribution in [0.25, 0.3) is 11.4 Å². The van der Waals surface area contributed by atoms with Crippen molar-refractivity contribution in [3.8, 4) is 11.4 Å². The van der Waals surface area contributed by atoms with Gasteiger partial charge in [-0.1, -0.05) is 0 Å². The van der Waals surface area contributed by atoms with E-state index >= 15 is 0 Å². The first kappa shape index (κ1) is 23.1. The highest BCUT2D eigenvalue weighted by atomic mass is 19.4. The average molecular weight is 486 g/mol. The number of pyridine rings is 2. The van der Waals surface area contributed by atoms with Crippen molar-refractivity contribution in [3.05, 3.63) is 65.6 Å². The minimum absolute atomic E-state index is 0.161.